The molecule has 15 heavy (non-hydrogen) atoms. The van der Waals surface area contributed by atoms with Crippen molar-refractivity contribution in [3.63, 3.8) is 0 Å². The summed E-state index contributed by atoms with van der Waals surface area (Å²) in [7, 11) is 0. The average molecular weight is 210 g/mol. The average Bonchev–Trinajstić information content (AvgIpc) is 2.77. The van der Waals surface area contributed by atoms with E-state index in [1.807, 2.05) is 0 Å². The lowest BCUT2D eigenvalue weighted by Gasteiger charge is -2.29. The quantitative estimate of drug-likeness (QED) is 0.747. The third kappa shape index (κ3) is 2.73. The van der Waals surface area contributed by atoms with E-state index in [0.29, 0.717) is 0 Å². The highest BCUT2D eigenvalue weighted by molar-refractivity contribution is 4.98. The molecular weight excluding hydrogens is 184 g/mol. The van der Waals surface area contributed by atoms with Gasteiger partial charge in [0.1, 0.15) is 0 Å². The lowest BCUT2D eigenvalue weighted by Crippen LogP contribution is -2.37. The highest BCUT2D eigenvalue weighted by atomic mass is 15.1. The summed E-state index contributed by atoms with van der Waals surface area (Å²) in [6, 6.07) is 1.70. The summed E-state index contributed by atoms with van der Waals surface area (Å²) < 4.78 is 0. The summed E-state index contributed by atoms with van der Waals surface area (Å²) in [5.41, 5.74) is 0. The molecule has 0 spiro atoms. The SMILES string of the molecule is CCN(CC(C)C)CC1CC2CCC1N2. The maximum Gasteiger partial charge on any atom is 0.0111 e. The Balaban J connectivity index is 1.79. The van der Waals surface area contributed by atoms with Crippen LogP contribution in [0.2, 0.25) is 0 Å². The minimum absolute atomic E-state index is 0.802. The molecule has 2 heteroatoms. The Bertz CT molecular complexity index is 203. The number of nitrogens with one attached hydrogen (secondary N) is 1. The first-order valence-corrected chi connectivity index (χ1v) is 6.67. The van der Waals surface area contributed by atoms with Gasteiger partial charge in [-0.25, -0.2) is 0 Å². The van der Waals surface area contributed by atoms with E-state index in [4.69, 9.17) is 0 Å². The minimum Gasteiger partial charge on any atom is -0.311 e. The molecule has 0 saturated carbocycles. The molecule has 2 nitrogen and oxygen atoms in total. The van der Waals surface area contributed by atoms with Crippen molar-refractivity contribution in [2.75, 3.05) is 19.6 Å². The summed E-state index contributed by atoms with van der Waals surface area (Å²) in [6.45, 7) is 10.7. The van der Waals surface area contributed by atoms with Crippen LogP contribution in [0, 0.1) is 11.8 Å². The fourth-order valence-electron chi connectivity index (χ4n) is 3.32. The smallest absolute Gasteiger partial charge is 0.0111 e. The summed E-state index contributed by atoms with van der Waals surface area (Å²) in [5.74, 6) is 1.74. The molecule has 2 aliphatic heterocycles. The van der Waals surface area contributed by atoms with Gasteiger partial charge in [-0.15, -0.1) is 0 Å². The summed E-state index contributed by atoms with van der Waals surface area (Å²) in [5, 5.41) is 3.73. The molecule has 2 aliphatic rings. The normalized spacial score (nSPS) is 34.6. The van der Waals surface area contributed by atoms with Crippen LogP contribution in [-0.2, 0) is 0 Å². The lowest BCUT2D eigenvalue weighted by molar-refractivity contribution is 0.200. The number of hydrogen-bond acceptors (Lipinski definition) is 2. The Kier molecular flexibility index (Phi) is 3.68. The Morgan fingerprint density at radius 1 is 1.33 bits per heavy atom. The lowest BCUT2D eigenvalue weighted by atomic mass is 9.88. The van der Waals surface area contributed by atoms with Crippen molar-refractivity contribution >= 4 is 0 Å². The Hall–Kier alpha value is -0.0800. The molecule has 88 valence electrons. The predicted molar refractivity (Wildman–Crippen MR) is 65.0 cm³/mol. The van der Waals surface area contributed by atoms with E-state index in [2.05, 4.69) is 31.0 Å². The molecule has 2 bridgehead atoms. The zero-order valence-corrected chi connectivity index (χ0v) is 10.5. The maximum atomic E-state index is 3.73. The second-order valence-corrected chi connectivity index (χ2v) is 5.79. The van der Waals surface area contributed by atoms with Crippen LogP contribution in [0.5, 0.6) is 0 Å². The molecule has 0 aromatic rings. The van der Waals surface area contributed by atoms with Gasteiger partial charge in [0.25, 0.3) is 0 Å². The molecular formula is C13H26N2. The first kappa shape index (κ1) is 11.4. The van der Waals surface area contributed by atoms with Gasteiger partial charge in [0, 0.05) is 25.2 Å². The topological polar surface area (TPSA) is 15.3 Å². The van der Waals surface area contributed by atoms with Gasteiger partial charge in [0.15, 0.2) is 0 Å². The van der Waals surface area contributed by atoms with Gasteiger partial charge in [-0.2, -0.15) is 0 Å². The van der Waals surface area contributed by atoms with Crippen molar-refractivity contribution in [3.8, 4) is 0 Å². The maximum absolute atomic E-state index is 3.73. The monoisotopic (exact) mass is 210 g/mol. The summed E-state index contributed by atoms with van der Waals surface area (Å²) in [4.78, 5) is 2.64. The number of nitrogens with zero attached hydrogens (tertiary/aromatic N) is 1. The van der Waals surface area contributed by atoms with E-state index in [9.17, 15) is 0 Å². The Morgan fingerprint density at radius 3 is 2.60 bits per heavy atom. The van der Waals surface area contributed by atoms with Crippen LogP contribution < -0.4 is 5.32 Å². The Morgan fingerprint density at radius 2 is 2.13 bits per heavy atom. The van der Waals surface area contributed by atoms with Gasteiger partial charge in [-0.1, -0.05) is 20.8 Å². The molecule has 0 aromatic heterocycles. The predicted octanol–water partition coefficient (Wildman–Crippen LogP) is 2.10. The largest absolute Gasteiger partial charge is 0.311 e. The first-order chi connectivity index (χ1) is 7.19. The van der Waals surface area contributed by atoms with Crippen LogP contribution in [0.15, 0.2) is 0 Å². The van der Waals surface area contributed by atoms with Crippen molar-refractivity contribution in [2.24, 2.45) is 11.8 Å². The third-order valence-corrected chi connectivity index (χ3v) is 4.00. The van der Waals surface area contributed by atoms with Crippen molar-refractivity contribution in [2.45, 2.75) is 52.1 Å². The van der Waals surface area contributed by atoms with Gasteiger partial charge < -0.3 is 10.2 Å². The molecule has 0 aliphatic carbocycles. The molecule has 2 saturated heterocycles. The minimum atomic E-state index is 0.802. The van der Waals surface area contributed by atoms with Crippen LogP contribution in [-0.4, -0.2) is 36.6 Å². The van der Waals surface area contributed by atoms with Crippen molar-refractivity contribution in [1.29, 1.82) is 0 Å². The van der Waals surface area contributed by atoms with Crippen LogP contribution in [0.3, 0.4) is 0 Å². The fourth-order valence-corrected chi connectivity index (χ4v) is 3.32. The van der Waals surface area contributed by atoms with E-state index < -0.39 is 0 Å². The van der Waals surface area contributed by atoms with Gasteiger partial charge in [0.05, 0.1) is 0 Å². The molecule has 3 atom stereocenters. The van der Waals surface area contributed by atoms with Crippen LogP contribution in [0.25, 0.3) is 0 Å². The van der Waals surface area contributed by atoms with Crippen LogP contribution in [0.1, 0.15) is 40.0 Å². The van der Waals surface area contributed by atoms with Gasteiger partial charge >= 0.3 is 0 Å². The van der Waals surface area contributed by atoms with E-state index >= 15 is 0 Å². The second-order valence-electron chi connectivity index (χ2n) is 5.79. The fraction of sp³-hybridized carbons (Fsp3) is 1.00. The first-order valence-electron chi connectivity index (χ1n) is 6.67. The zero-order valence-electron chi connectivity index (χ0n) is 10.5. The Labute approximate surface area is 94.4 Å². The van der Waals surface area contributed by atoms with Crippen LogP contribution >= 0.6 is 0 Å². The zero-order chi connectivity index (χ0) is 10.8. The molecule has 0 amide bonds. The van der Waals surface area contributed by atoms with E-state index in [0.717, 1.165) is 23.9 Å². The molecule has 3 unspecified atom stereocenters. The standard InChI is InChI=1S/C13H26N2/c1-4-15(8-10(2)3)9-11-7-12-5-6-13(11)14-12/h10-14H,4-9H2,1-3H3. The van der Waals surface area contributed by atoms with Gasteiger partial charge in [-0.3, -0.25) is 0 Å². The van der Waals surface area contributed by atoms with Gasteiger partial charge in [0.2, 0.25) is 0 Å². The number of fused-ring (bicyclic) bond motifs is 2. The number of rotatable bonds is 5. The molecule has 0 aromatic carbocycles. The molecule has 1 N–H and O–H groups in total. The van der Waals surface area contributed by atoms with E-state index in [1.54, 1.807) is 0 Å². The molecule has 0 radical (unpaired) electrons. The van der Waals surface area contributed by atoms with Crippen molar-refractivity contribution < 1.29 is 0 Å². The summed E-state index contributed by atoms with van der Waals surface area (Å²) in [6.07, 6.45) is 4.28. The van der Waals surface area contributed by atoms with Crippen molar-refractivity contribution in [1.82, 2.24) is 10.2 Å². The van der Waals surface area contributed by atoms with Crippen LogP contribution in [0.4, 0.5) is 0 Å². The van der Waals surface area contributed by atoms with E-state index in [1.165, 1.54) is 38.9 Å². The third-order valence-electron chi connectivity index (χ3n) is 4.00. The van der Waals surface area contributed by atoms with E-state index in [-0.39, 0.29) is 0 Å². The molecule has 2 heterocycles. The number of hydrogen-bond donors (Lipinski definition) is 1. The summed E-state index contributed by atoms with van der Waals surface area (Å²) >= 11 is 0. The molecule has 2 fully saturated rings. The second kappa shape index (κ2) is 4.84. The van der Waals surface area contributed by atoms with Gasteiger partial charge in [-0.05, 0) is 37.6 Å². The highest BCUT2D eigenvalue weighted by Gasteiger charge is 2.39. The highest BCUT2D eigenvalue weighted by Crippen LogP contribution is 2.33. The molecule has 2 rings (SSSR count). The van der Waals surface area contributed by atoms with Crippen molar-refractivity contribution in [3.05, 3.63) is 0 Å².